The summed E-state index contributed by atoms with van der Waals surface area (Å²) >= 11 is 0. The van der Waals surface area contributed by atoms with Gasteiger partial charge in [-0.25, -0.2) is 0 Å². The molecule has 4 heteroatoms. The number of benzene rings is 3. The van der Waals surface area contributed by atoms with Crippen molar-refractivity contribution in [2.45, 2.75) is 39.5 Å². The highest BCUT2D eigenvalue weighted by molar-refractivity contribution is 6.12. The number of unbranched alkanes of at least 4 members (excludes halogenated alkanes) is 1. The van der Waals surface area contributed by atoms with Gasteiger partial charge in [0.25, 0.3) is 0 Å². The Morgan fingerprint density at radius 3 is 2.35 bits per heavy atom. The quantitative estimate of drug-likeness (QED) is 0.284. The molecular weight excluding hydrogens is 386 g/mol. The van der Waals surface area contributed by atoms with E-state index in [-0.39, 0.29) is 5.75 Å². The second-order valence-corrected chi connectivity index (χ2v) is 7.65. The van der Waals surface area contributed by atoms with Gasteiger partial charge >= 0.3 is 0 Å². The van der Waals surface area contributed by atoms with Crippen molar-refractivity contribution in [1.29, 1.82) is 5.41 Å². The van der Waals surface area contributed by atoms with Gasteiger partial charge in [-0.2, -0.15) is 0 Å². The van der Waals surface area contributed by atoms with Gasteiger partial charge in [-0.3, -0.25) is 5.41 Å². The number of hydrogen-bond donors (Lipinski definition) is 2. The van der Waals surface area contributed by atoms with Crippen molar-refractivity contribution in [3.8, 4) is 17.2 Å². The first-order valence-electron chi connectivity index (χ1n) is 10.9. The third kappa shape index (κ3) is 6.11. The minimum Gasteiger partial charge on any atom is -0.507 e. The molecule has 3 aromatic carbocycles. The molecule has 0 amide bonds. The molecule has 0 saturated heterocycles. The summed E-state index contributed by atoms with van der Waals surface area (Å²) in [5, 5.41) is 19.4. The minimum absolute atomic E-state index is 0.149. The molecule has 0 aliphatic carbocycles. The Hall–Kier alpha value is -3.27. The predicted octanol–water partition coefficient (Wildman–Crippen LogP) is 6.31. The van der Waals surface area contributed by atoms with E-state index < -0.39 is 0 Å². The van der Waals surface area contributed by atoms with Gasteiger partial charge in [0.2, 0.25) is 0 Å². The van der Waals surface area contributed by atoms with Gasteiger partial charge in [-0.1, -0.05) is 55.8 Å². The lowest BCUT2D eigenvalue weighted by Crippen LogP contribution is -2.07. The summed E-state index contributed by atoms with van der Waals surface area (Å²) in [4.78, 5) is 0. The fraction of sp³-hybridized carbons (Fsp3) is 0.296. The number of phenolic OH excluding ortho intramolecular Hbond substituents is 1. The van der Waals surface area contributed by atoms with Crippen molar-refractivity contribution in [3.05, 3.63) is 89.0 Å². The van der Waals surface area contributed by atoms with Crippen LogP contribution in [0.25, 0.3) is 0 Å². The molecule has 0 bridgehead atoms. The summed E-state index contributed by atoms with van der Waals surface area (Å²) in [6.45, 7) is 5.33. The Balaban J connectivity index is 1.58. The first-order valence-corrected chi connectivity index (χ1v) is 10.9. The zero-order valence-electron chi connectivity index (χ0n) is 18.4. The molecule has 3 rings (SSSR count). The van der Waals surface area contributed by atoms with Crippen LogP contribution >= 0.6 is 0 Å². The minimum atomic E-state index is 0.149. The van der Waals surface area contributed by atoms with E-state index in [0.29, 0.717) is 36.7 Å². The van der Waals surface area contributed by atoms with Gasteiger partial charge in [0.05, 0.1) is 18.9 Å². The maximum Gasteiger partial charge on any atom is 0.131 e. The Morgan fingerprint density at radius 1 is 0.903 bits per heavy atom. The lowest BCUT2D eigenvalue weighted by Gasteiger charge is -2.16. The first kappa shape index (κ1) is 22.4. The van der Waals surface area contributed by atoms with Crippen LogP contribution in [0.4, 0.5) is 0 Å². The Bertz CT molecular complexity index is 999. The van der Waals surface area contributed by atoms with Crippen LogP contribution < -0.4 is 9.47 Å². The molecule has 0 radical (unpaired) electrons. The molecule has 2 N–H and O–H groups in total. The van der Waals surface area contributed by atoms with Crippen molar-refractivity contribution >= 4 is 5.71 Å². The van der Waals surface area contributed by atoms with Crippen LogP contribution in [0, 0.1) is 12.3 Å². The van der Waals surface area contributed by atoms with E-state index in [0.717, 1.165) is 36.1 Å². The lowest BCUT2D eigenvalue weighted by molar-refractivity contribution is 0.264. The van der Waals surface area contributed by atoms with Crippen LogP contribution in [0.5, 0.6) is 17.2 Å². The normalized spacial score (nSPS) is 10.6. The van der Waals surface area contributed by atoms with Crippen LogP contribution in [0.3, 0.4) is 0 Å². The summed E-state index contributed by atoms with van der Waals surface area (Å²) in [6, 6.07) is 21.2. The average molecular weight is 418 g/mol. The number of aryl methyl sites for hydroxylation is 1. The number of phenols is 1. The fourth-order valence-corrected chi connectivity index (χ4v) is 3.49. The highest BCUT2D eigenvalue weighted by Crippen LogP contribution is 2.34. The predicted molar refractivity (Wildman–Crippen MR) is 126 cm³/mol. The van der Waals surface area contributed by atoms with E-state index in [2.05, 4.69) is 19.9 Å². The number of aromatic hydroxyl groups is 1. The van der Waals surface area contributed by atoms with Crippen LogP contribution in [0.1, 0.15) is 48.4 Å². The van der Waals surface area contributed by atoms with Gasteiger partial charge < -0.3 is 14.6 Å². The molecular formula is C27H31NO3. The molecule has 31 heavy (non-hydrogen) atoms. The topological polar surface area (TPSA) is 62.5 Å². The molecule has 0 aliphatic rings. The van der Waals surface area contributed by atoms with Crippen LogP contribution in [-0.4, -0.2) is 24.0 Å². The molecule has 0 heterocycles. The SMILES string of the molecule is CCCc1c(OCCCCOc2cccc(C)c2)ccc(C(=N)c2ccccc2)c1O. The van der Waals surface area contributed by atoms with Gasteiger partial charge in [-0.15, -0.1) is 0 Å². The van der Waals surface area contributed by atoms with E-state index in [9.17, 15) is 5.11 Å². The summed E-state index contributed by atoms with van der Waals surface area (Å²) in [7, 11) is 0. The van der Waals surface area contributed by atoms with E-state index in [1.165, 1.54) is 5.56 Å². The molecule has 0 aliphatic heterocycles. The van der Waals surface area contributed by atoms with E-state index in [4.69, 9.17) is 14.9 Å². The molecule has 162 valence electrons. The zero-order chi connectivity index (χ0) is 22.1. The maximum atomic E-state index is 10.9. The Morgan fingerprint density at radius 2 is 1.65 bits per heavy atom. The number of rotatable bonds is 11. The summed E-state index contributed by atoms with van der Waals surface area (Å²) in [5.41, 5.74) is 3.59. The van der Waals surface area contributed by atoms with Crippen molar-refractivity contribution < 1.29 is 14.6 Å². The Labute approximate surface area is 185 Å². The van der Waals surface area contributed by atoms with Gasteiger partial charge in [0.1, 0.15) is 17.2 Å². The molecule has 0 aromatic heterocycles. The standard InChI is InChI=1S/C27H31NO3/c1-3-10-23-25(31-18-8-7-17-30-22-14-9-11-20(2)19-22)16-15-24(27(23)29)26(28)21-12-5-4-6-13-21/h4-6,9,11-16,19,28-29H,3,7-8,10,17-18H2,1-2H3. The van der Waals surface area contributed by atoms with Crippen molar-refractivity contribution in [2.24, 2.45) is 0 Å². The second-order valence-electron chi connectivity index (χ2n) is 7.65. The largest absolute Gasteiger partial charge is 0.507 e. The molecule has 0 unspecified atom stereocenters. The van der Waals surface area contributed by atoms with E-state index in [1.54, 1.807) is 6.07 Å². The third-order valence-corrected chi connectivity index (χ3v) is 5.13. The van der Waals surface area contributed by atoms with Crippen LogP contribution in [0.2, 0.25) is 0 Å². The van der Waals surface area contributed by atoms with Crippen LogP contribution in [0.15, 0.2) is 66.7 Å². The second kappa shape index (κ2) is 11.2. The smallest absolute Gasteiger partial charge is 0.131 e. The fourth-order valence-electron chi connectivity index (χ4n) is 3.49. The summed E-state index contributed by atoms with van der Waals surface area (Å²) < 4.78 is 11.8. The highest BCUT2D eigenvalue weighted by atomic mass is 16.5. The van der Waals surface area contributed by atoms with E-state index >= 15 is 0 Å². The lowest BCUT2D eigenvalue weighted by atomic mass is 9.97. The third-order valence-electron chi connectivity index (χ3n) is 5.13. The average Bonchev–Trinajstić information content (AvgIpc) is 2.78. The molecule has 0 fully saturated rings. The van der Waals surface area contributed by atoms with Crippen molar-refractivity contribution in [2.75, 3.05) is 13.2 Å². The molecule has 0 spiro atoms. The van der Waals surface area contributed by atoms with Gasteiger partial charge in [-0.05, 0) is 56.0 Å². The number of nitrogens with one attached hydrogen (secondary N) is 1. The molecule has 0 atom stereocenters. The zero-order valence-corrected chi connectivity index (χ0v) is 18.4. The maximum absolute atomic E-state index is 10.9. The monoisotopic (exact) mass is 417 g/mol. The van der Waals surface area contributed by atoms with Crippen LogP contribution in [-0.2, 0) is 6.42 Å². The highest BCUT2D eigenvalue weighted by Gasteiger charge is 2.17. The number of hydrogen-bond acceptors (Lipinski definition) is 4. The van der Waals surface area contributed by atoms with Gasteiger partial charge in [0.15, 0.2) is 0 Å². The first-order chi connectivity index (χ1) is 15.1. The summed E-state index contributed by atoms with van der Waals surface area (Å²) in [5.74, 6) is 1.74. The molecule has 3 aromatic rings. The molecule has 4 nitrogen and oxygen atoms in total. The summed E-state index contributed by atoms with van der Waals surface area (Å²) in [6.07, 6.45) is 3.34. The van der Waals surface area contributed by atoms with Crippen molar-refractivity contribution in [1.82, 2.24) is 0 Å². The van der Waals surface area contributed by atoms with E-state index in [1.807, 2.05) is 54.6 Å². The van der Waals surface area contributed by atoms with Gasteiger partial charge in [0, 0.05) is 16.7 Å². The molecule has 0 saturated carbocycles. The Kier molecular flexibility index (Phi) is 8.11. The number of ether oxygens (including phenoxy) is 2. The van der Waals surface area contributed by atoms with Crippen molar-refractivity contribution in [3.63, 3.8) is 0 Å².